The molecule has 0 aliphatic carbocycles. The van der Waals surface area contributed by atoms with Crippen molar-refractivity contribution in [3.63, 3.8) is 0 Å². The van der Waals surface area contributed by atoms with Gasteiger partial charge in [-0.05, 0) is 5.56 Å². The average Bonchev–Trinajstić information content (AvgIpc) is 2.86. The summed E-state index contributed by atoms with van der Waals surface area (Å²) in [7, 11) is 0. The molecule has 0 unspecified atom stereocenters. The number of aromatic nitrogens is 3. The molecule has 0 saturated heterocycles. The number of rotatable bonds is 3. The van der Waals surface area contributed by atoms with Crippen LogP contribution in [0.5, 0.6) is 0 Å². The second-order valence-corrected chi connectivity index (χ2v) is 4.01. The molecule has 90 valence electrons. The van der Waals surface area contributed by atoms with Gasteiger partial charge in [-0.15, -0.1) is 0 Å². The number of anilines is 2. The minimum absolute atomic E-state index is 0.570. The Bertz CT molecular complexity index is 659. The van der Waals surface area contributed by atoms with Crippen LogP contribution in [-0.4, -0.2) is 14.6 Å². The van der Waals surface area contributed by atoms with Crippen LogP contribution in [0.3, 0.4) is 0 Å². The van der Waals surface area contributed by atoms with Gasteiger partial charge >= 0.3 is 0 Å². The van der Waals surface area contributed by atoms with Crippen LogP contribution in [0.15, 0.2) is 48.7 Å². The largest absolute Gasteiger partial charge is 0.383 e. The third kappa shape index (κ3) is 1.98. The molecule has 0 radical (unpaired) electrons. The van der Waals surface area contributed by atoms with E-state index in [0.717, 1.165) is 18.0 Å². The number of nitrogens with zero attached hydrogens (tertiary/aromatic N) is 3. The lowest BCUT2D eigenvalue weighted by molar-refractivity contribution is 0.949. The van der Waals surface area contributed by atoms with Gasteiger partial charge < -0.3 is 11.1 Å². The lowest BCUT2D eigenvalue weighted by Gasteiger charge is -2.07. The standard InChI is InChI=1S/C13H13N5/c14-11-8-12(17-13-6-7-16-18(11)13)15-9-10-4-2-1-3-5-10/h1-8H,9,14H2,(H,15,17). The van der Waals surface area contributed by atoms with Crippen molar-refractivity contribution in [2.75, 3.05) is 11.1 Å². The second-order valence-electron chi connectivity index (χ2n) is 4.01. The fraction of sp³-hybridized carbons (Fsp3) is 0.0769. The summed E-state index contributed by atoms with van der Waals surface area (Å²) in [6.07, 6.45) is 1.68. The quantitative estimate of drug-likeness (QED) is 0.732. The summed E-state index contributed by atoms with van der Waals surface area (Å²) in [6, 6.07) is 13.8. The first-order chi connectivity index (χ1) is 8.83. The number of nitrogens with one attached hydrogen (secondary N) is 1. The molecule has 5 nitrogen and oxygen atoms in total. The molecule has 0 spiro atoms. The molecule has 0 atom stereocenters. The zero-order valence-electron chi connectivity index (χ0n) is 9.74. The molecule has 0 aliphatic heterocycles. The third-order valence-electron chi connectivity index (χ3n) is 2.70. The molecule has 18 heavy (non-hydrogen) atoms. The van der Waals surface area contributed by atoms with Gasteiger partial charge in [0.2, 0.25) is 0 Å². The lowest BCUT2D eigenvalue weighted by Crippen LogP contribution is -2.05. The summed E-state index contributed by atoms with van der Waals surface area (Å²) in [4.78, 5) is 4.42. The van der Waals surface area contributed by atoms with Crippen LogP contribution in [0, 0.1) is 0 Å². The van der Waals surface area contributed by atoms with Gasteiger partial charge in [0.1, 0.15) is 11.6 Å². The van der Waals surface area contributed by atoms with Crippen LogP contribution in [-0.2, 0) is 6.54 Å². The number of nitrogen functional groups attached to an aromatic ring is 1. The third-order valence-corrected chi connectivity index (χ3v) is 2.70. The first kappa shape index (κ1) is 10.6. The van der Waals surface area contributed by atoms with Gasteiger partial charge in [-0.25, -0.2) is 4.98 Å². The van der Waals surface area contributed by atoms with Crippen LogP contribution in [0.2, 0.25) is 0 Å². The van der Waals surface area contributed by atoms with Gasteiger partial charge in [-0.1, -0.05) is 30.3 Å². The number of fused-ring (bicyclic) bond motifs is 1. The van der Waals surface area contributed by atoms with Crippen molar-refractivity contribution < 1.29 is 0 Å². The van der Waals surface area contributed by atoms with E-state index in [4.69, 9.17) is 5.73 Å². The molecule has 3 N–H and O–H groups in total. The minimum atomic E-state index is 0.570. The molecule has 5 heteroatoms. The first-order valence-electron chi connectivity index (χ1n) is 5.71. The maximum atomic E-state index is 5.89. The summed E-state index contributed by atoms with van der Waals surface area (Å²) < 4.78 is 1.60. The van der Waals surface area contributed by atoms with E-state index in [1.807, 2.05) is 24.3 Å². The SMILES string of the molecule is Nc1cc(NCc2ccccc2)nc2ccnn12. The second kappa shape index (κ2) is 4.37. The number of hydrogen-bond donors (Lipinski definition) is 2. The van der Waals surface area contributed by atoms with Gasteiger partial charge in [-0.2, -0.15) is 9.61 Å². The fourth-order valence-electron chi connectivity index (χ4n) is 1.82. The Balaban J connectivity index is 1.82. The Labute approximate surface area is 104 Å². The molecule has 0 amide bonds. The van der Waals surface area contributed by atoms with Crippen LogP contribution in [0.4, 0.5) is 11.6 Å². The fourth-order valence-corrected chi connectivity index (χ4v) is 1.82. The van der Waals surface area contributed by atoms with E-state index in [9.17, 15) is 0 Å². The van der Waals surface area contributed by atoms with Crippen molar-refractivity contribution in [2.24, 2.45) is 0 Å². The molecule has 2 heterocycles. The van der Waals surface area contributed by atoms with Crippen molar-refractivity contribution >= 4 is 17.3 Å². The van der Waals surface area contributed by atoms with Crippen LogP contribution in [0.25, 0.3) is 5.65 Å². The molecule has 0 bridgehead atoms. The maximum absolute atomic E-state index is 5.89. The number of hydrogen-bond acceptors (Lipinski definition) is 4. The minimum Gasteiger partial charge on any atom is -0.383 e. The molecule has 2 aromatic heterocycles. The summed E-state index contributed by atoms with van der Waals surface area (Å²) in [5.41, 5.74) is 7.83. The molecule has 0 fully saturated rings. The Morgan fingerprint density at radius 3 is 2.83 bits per heavy atom. The van der Waals surface area contributed by atoms with Crippen molar-refractivity contribution in [1.82, 2.24) is 14.6 Å². The summed E-state index contributed by atoms with van der Waals surface area (Å²) in [6.45, 7) is 0.720. The predicted molar refractivity (Wildman–Crippen MR) is 71.2 cm³/mol. The van der Waals surface area contributed by atoms with E-state index in [-0.39, 0.29) is 0 Å². The zero-order chi connectivity index (χ0) is 12.4. The summed E-state index contributed by atoms with van der Waals surface area (Å²) >= 11 is 0. The normalized spacial score (nSPS) is 10.7. The topological polar surface area (TPSA) is 68.2 Å². The Morgan fingerprint density at radius 1 is 1.17 bits per heavy atom. The highest BCUT2D eigenvalue weighted by Crippen LogP contribution is 2.13. The van der Waals surface area contributed by atoms with Gasteiger partial charge in [-0.3, -0.25) is 0 Å². The van der Waals surface area contributed by atoms with Crippen molar-refractivity contribution in [2.45, 2.75) is 6.54 Å². The molecular formula is C13H13N5. The van der Waals surface area contributed by atoms with Crippen molar-refractivity contribution in [3.05, 3.63) is 54.2 Å². The van der Waals surface area contributed by atoms with E-state index in [0.29, 0.717) is 5.82 Å². The molecule has 0 saturated carbocycles. The van der Waals surface area contributed by atoms with Crippen LogP contribution < -0.4 is 11.1 Å². The Morgan fingerprint density at radius 2 is 2.00 bits per heavy atom. The monoisotopic (exact) mass is 239 g/mol. The van der Waals surface area contributed by atoms with Crippen LogP contribution >= 0.6 is 0 Å². The van der Waals surface area contributed by atoms with E-state index < -0.39 is 0 Å². The summed E-state index contributed by atoms with van der Waals surface area (Å²) in [5.74, 6) is 1.32. The molecule has 0 aliphatic rings. The number of nitrogens with two attached hydrogens (primary N) is 1. The molecule has 1 aromatic carbocycles. The van der Waals surface area contributed by atoms with E-state index in [1.54, 1.807) is 16.8 Å². The zero-order valence-corrected chi connectivity index (χ0v) is 9.74. The van der Waals surface area contributed by atoms with Gasteiger partial charge in [0.15, 0.2) is 5.65 Å². The number of benzene rings is 1. The van der Waals surface area contributed by atoms with Crippen molar-refractivity contribution in [1.29, 1.82) is 0 Å². The average molecular weight is 239 g/mol. The summed E-state index contributed by atoms with van der Waals surface area (Å²) in [5, 5.41) is 7.33. The first-order valence-corrected chi connectivity index (χ1v) is 5.71. The van der Waals surface area contributed by atoms with Gasteiger partial charge in [0.25, 0.3) is 0 Å². The van der Waals surface area contributed by atoms with E-state index >= 15 is 0 Å². The van der Waals surface area contributed by atoms with Gasteiger partial charge in [0, 0.05) is 18.7 Å². The van der Waals surface area contributed by atoms with Gasteiger partial charge in [0.05, 0.1) is 6.20 Å². The lowest BCUT2D eigenvalue weighted by atomic mass is 10.2. The molecule has 3 aromatic rings. The van der Waals surface area contributed by atoms with E-state index in [2.05, 4.69) is 27.5 Å². The Hall–Kier alpha value is -2.56. The van der Waals surface area contributed by atoms with Crippen LogP contribution in [0.1, 0.15) is 5.56 Å². The Kier molecular flexibility index (Phi) is 2.57. The smallest absolute Gasteiger partial charge is 0.159 e. The van der Waals surface area contributed by atoms with Crippen molar-refractivity contribution in [3.8, 4) is 0 Å². The highest BCUT2D eigenvalue weighted by molar-refractivity contribution is 5.54. The maximum Gasteiger partial charge on any atom is 0.159 e. The highest BCUT2D eigenvalue weighted by Gasteiger charge is 2.03. The van der Waals surface area contributed by atoms with E-state index in [1.165, 1.54) is 5.56 Å². The molecule has 3 rings (SSSR count). The molecular weight excluding hydrogens is 226 g/mol. The predicted octanol–water partition coefficient (Wildman–Crippen LogP) is 1.92. The highest BCUT2D eigenvalue weighted by atomic mass is 15.3.